The first kappa shape index (κ1) is 20.7. The molecule has 1 aliphatic heterocycles. The van der Waals surface area contributed by atoms with Gasteiger partial charge in [-0.25, -0.2) is 4.98 Å². The van der Waals surface area contributed by atoms with E-state index in [1.54, 1.807) is 0 Å². The number of nitrogens with zero attached hydrogens (tertiary/aromatic N) is 3. The zero-order valence-electron chi connectivity index (χ0n) is 15.0. The summed E-state index contributed by atoms with van der Waals surface area (Å²) in [4.78, 5) is 21.7. The second-order valence-electron chi connectivity index (χ2n) is 6.13. The second-order valence-corrected chi connectivity index (χ2v) is 8.10. The lowest BCUT2D eigenvalue weighted by Gasteiger charge is -2.25. The van der Waals surface area contributed by atoms with Gasteiger partial charge in [0.1, 0.15) is 18.4 Å². The van der Waals surface area contributed by atoms with Crippen molar-refractivity contribution in [2.45, 2.75) is 12.6 Å². The van der Waals surface area contributed by atoms with E-state index in [2.05, 4.69) is 19.2 Å². The van der Waals surface area contributed by atoms with Crippen molar-refractivity contribution in [3.63, 3.8) is 0 Å². The maximum Gasteiger partial charge on any atom is 0.306 e. The molecule has 1 aliphatic rings. The van der Waals surface area contributed by atoms with E-state index >= 15 is 0 Å². The number of ether oxygens (including phenoxy) is 2. The number of aliphatic hydroxyl groups excluding tert-OH is 1. The Hall–Kier alpha value is -2.03. The van der Waals surface area contributed by atoms with Crippen molar-refractivity contribution < 1.29 is 23.9 Å². The average molecular weight is 431 g/mol. The number of primary amides is 1. The summed E-state index contributed by atoms with van der Waals surface area (Å²) in [7, 11) is -1.83. The van der Waals surface area contributed by atoms with Gasteiger partial charge in [-0.1, -0.05) is 11.3 Å². The number of nitrogen functional groups attached to an aromatic ring is 1. The van der Waals surface area contributed by atoms with E-state index in [9.17, 15) is 14.5 Å². The van der Waals surface area contributed by atoms with E-state index in [1.165, 1.54) is 11.3 Å². The summed E-state index contributed by atoms with van der Waals surface area (Å²) in [5.41, 5.74) is 11.7. The normalized spacial score (nSPS) is 17.6. The molecule has 0 bridgehead atoms. The third kappa shape index (κ3) is 5.27. The summed E-state index contributed by atoms with van der Waals surface area (Å²) in [6.45, 7) is 3.86. The summed E-state index contributed by atoms with van der Waals surface area (Å²) < 4.78 is 25.0. The van der Waals surface area contributed by atoms with Crippen molar-refractivity contribution in [2.24, 2.45) is 10.7 Å². The number of hydrogen-bond acceptors (Lipinski definition) is 10. The second kappa shape index (κ2) is 9.45. The van der Waals surface area contributed by atoms with E-state index in [1.807, 2.05) is 5.38 Å². The van der Waals surface area contributed by atoms with Gasteiger partial charge < -0.3 is 30.6 Å². The minimum atomic E-state index is -1.83. The molecule has 0 saturated carbocycles. The third-order valence-corrected chi connectivity index (χ3v) is 5.95. The molecule has 28 heavy (non-hydrogen) atoms. The predicted molar refractivity (Wildman–Crippen MR) is 103 cm³/mol. The first-order valence-corrected chi connectivity index (χ1v) is 10.5. The molecule has 0 aromatic carbocycles. The van der Waals surface area contributed by atoms with Crippen molar-refractivity contribution in [1.82, 2.24) is 14.3 Å². The summed E-state index contributed by atoms with van der Waals surface area (Å²) in [6.07, 6.45) is -0.931. The van der Waals surface area contributed by atoms with Crippen LogP contribution >= 0.6 is 22.3 Å². The molecule has 2 unspecified atom stereocenters. The number of carbonyl (C=O) groups is 1. The smallest absolute Gasteiger partial charge is 0.306 e. The molecule has 0 spiro atoms. The Balaban J connectivity index is 1.50. The van der Waals surface area contributed by atoms with Crippen LogP contribution in [0, 0.1) is 0 Å². The minimum Gasteiger partial charge on any atom is -0.570 e. The van der Waals surface area contributed by atoms with E-state index in [0.717, 1.165) is 38.5 Å². The van der Waals surface area contributed by atoms with Gasteiger partial charge in [-0.2, -0.15) is 4.37 Å². The minimum absolute atomic E-state index is 0.0172. The van der Waals surface area contributed by atoms with E-state index in [4.69, 9.17) is 20.9 Å². The number of nitrogens with one attached hydrogen (secondary N) is 1. The number of anilines is 1. The SMILES string of the molecule is NC(=O)c1c(N)c(=NCC(O)COc2nc(CN3CCOCC3)cs2)[nH][s+]1[O-]. The van der Waals surface area contributed by atoms with Gasteiger partial charge in [-0.3, -0.25) is 14.7 Å². The number of morpholine rings is 1. The Kier molecular flexibility index (Phi) is 6.98. The molecule has 0 aliphatic carbocycles. The molecule has 3 heterocycles. The monoisotopic (exact) mass is 430 g/mol. The highest BCUT2D eigenvalue weighted by Gasteiger charge is 2.21. The molecule has 2 aromatic rings. The van der Waals surface area contributed by atoms with Gasteiger partial charge in [-0.15, -0.1) is 0 Å². The molecular formula is C15H22N6O5S2. The van der Waals surface area contributed by atoms with Crippen LogP contribution in [0.4, 0.5) is 5.69 Å². The Morgan fingerprint density at radius 1 is 1.57 bits per heavy atom. The highest BCUT2D eigenvalue weighted by atomic mass is 32.2. The molecular weight excluding hydrogens is 408 g/mol. The van der Waals surface area contributed by atoms with Crippen molar-refractivity contribution in [2.75, 3.05) is 45.2 Å². The first-order valence-electron chi connectivity index (χ1n) is 8.52. The van der Waals surface area contributed by atoms with Gasteiger partial charge in [0.15, 0.2) is 5.49 Å². The highest BCUT2D eigenvalue weighted by Crippen LogP contribution is 2.20. The van der Waals surface area contributed by atoms with Crippen LogP contribution in [0.1, 0.15) is 15.4 Å². The number of aromatic amines is 1. The maximum atomic E-state index is 11.7. The summed E-state index contributed by atoms with van der Waals surface area (Å²) in [5.74, 6) is -0.880. The average Bonchev–Trinajstić information content (AvgIpc) is 3.22. The standard InChI is InChI=1S/C15H22N6O5S2/c16-11-12(13(17)23)28(24)20-14(11)18-5-10(22)7-26-15-19-9(8-27-15)6-21-1-3-25-4-2-21/h8,10,22H,1-7,16H2,(H2,17,23)(H,18,20). The van der Waals surface area contributed by atoms with Crippen LogP contribution in [-0.4, -0.2) is 75.4 Å². The summed E-state index contributed by atoms with van der Waals surface area (Å²) in [5, 5.41) is 12.4. The lowest BCUT2D eigenvalue weighted by molar-refractivity contribution is 0.0336. The number of thiazole rings is 1. The van der Waals surface area contributed by atoms with E-state index in [0.29, 0.717) is 5.19 Å². The van der Waals surface area contributed by atoms with E-state index < -0.39 is 23.0 Å². The Morgan fingerprint density at radius 3 is 3.00 bits per heavy atom. The lowest BCUT2D eigenvalue weighted by Crippen LogP contribution is -2.35. The highest BCUT2D eigenvalue weighted by molar-refractivity contribution is 7.22. The van der Waals surface area contributed by atoms with Gasteiger partial charge in [0.05, 0.1) is 36.4 Å². The lowest BCUT2D eigenvalue weighted by atomic mass is 10.3. The quantitative estimate of drug-likeness (QED) is 0.388. The summed E-state index contributed by atoms with van der Waals surface area (Å²) in [6, 6.07) is 0. The molecule has 0 radical (unpaired) electrons. The van der Waals surface area contributed by atoms with Gasteiger partial charge in [-0.05, 0) is 0 Å². The number of carbonyl (C=O) groups excluding carboxylic acids is 1. The zero-order chi connectivity index (χ0) is 20.1. The van der Waals surface area contributed by atoms with Crippen LogP contribution in [0.25, 0.3) is 0 Å². The van der Waals surface area contributed by atoms with Crippen LogP contribution in [0.3, 0.4) is 0 Å². The molecule has 2 aromatic heterocycles. The number of aliphatic hydroxyl groups is 1. The molecule has 1 amide bonds. The molecule has 154 valence electrons. The molecule has 1 saturated heterocycles. The third-order valence-electron chi connectivity index (χ3n) is 3.98. The topological polar surface area (TPSA) is 175 Å². The molecule has 13 heteroatoms. The maximum absolute atomic E-state index is 11.7. The van der Waals surface area contributed by atoms with Gasteiger partial charge >= 0.3 is 5.91 Å². The van der Waals surface area contributed by atoms with Gasteiger partial charge in [0.25, 0.3) is 10.1 Å². The Labute approximate surface area is 167 Å². The Bertz CT molecular complexity index is 873. The van der Waals surface area contributed by atoms with Crippen molar-refractivity contribution in [3.05, 3.63) is 21.4 Å². The number of nitrogens with two attached hydrogens (primary N) is 2. The number of rotatable bonds is 8. The van der Waals surface area contributed by atoms with Crippen molar-refractivity contribution in [1.29, 1.82) is 0 Å². The van der Waals surface area contributed by atoms with Crippen LogP contribution in [0.15, 0.2) is 10.4 Å². The summed E-state index contributed by atoms with van der Waals surface area (Å²) >= 11 is 1.36. The number of hydrogen-bond donors (Lipinski definition) is 4. The first-order chi connectivity index (χ1) is 13.4. The van der Waals surface area contributed by atoms with E-state index in [-0.39, 0.29) is 29.2 Å². The number of amides is 1. The largest absolute Gasteiger partial charge is 0.570 e. The fourth-order valence-electron chi connectivity index (χ4n) is 2.58. The molecule has 2 atom stereocenters. The fraction of sp³-hybridized carbons (Fsp3) is 0.533. The Morgan fingerprint density at radius 2 is 2.32 bits per heavy atom. The van der Waals surface area contributed by atoms with Crippen molar-refractivity contribution >= 4 is 33.9 Å². The molecule has 6 N–H and O–H groups in total. The van der Waals surface area contributed by atoms with Crippen LogP contribution in [-0.2, 0) is 11.3 Å². The van der Waals surface area contributed by atoms with Gasteiger partial charge in [0, 0.05) is 25.0 Å². The van der Waals surface area contributed by atoms with Crippen LogP contribution < -0.4 is 21.7 Å². The molecule has 11 nitrogen and oxygen atoms in total. The van der Waals surface area contributed by atoms with Crippen LogP contribution in [0.2, 0.25) is 0 Å². The van der Waals surface area contributed by atoms with Gasteiger partial charge in [0.2, 0.25) is 0 Å². The number of H-pyrrole nitrogens is 1. The zero-order valence-corrected chi connectivity index (χ0v) is 16.6. The fourth-order valence-corrected chi connectivity index (χ4v) is 4.18. The molecule has 3 rings (SSSR count). The predicted octanol–water partition coefficient (Wildman–Crippen LogP) is -0.947. The van der Waals surface area contributed by atoms with Crippen LogP contribution in [0.5, 0.6) is 5.19 Å². The molecule has 1 fully saturated rings. The van der Waals surface area contributed by atoms with Crippen molar-refractivity contribution in [3.8, 4) is 5.19 Å². The number of aromatic nitrogens is 2.